The lowest BCUT2D eigenvalue weighted by Crippen LogP contribution is -2.07. The number of carbonyl (C=O) groups is 1. The summed E-state index contributed by atoms with van der Waals surface area (Å²) >= 11 is 0. The van der Waals surface area contributed by atoms with Crippen molar-refractivity contribution < 1.29 is 9.53 Å². The van der Waals surface area contributed by atoms with Crippen LogP contribution in [-0.2, 0) is 9.53 Å². The zero-order valence-electron chi connectivity index (χ0n) is 11.3. The number of hydrogen-bond donors (Lipinski definition) is 0. The second kappa shape index (κ2) is 11.0. The van der Waals surface area contributed by atoms with Crippen LogP contribution in [-0.4, -0.2) is 12.6 Å². The molecule has 0 saturated carbocycles. The van der Waals surface area contributed by atoms with Crippen molar-refractivity contribution in [2.24, 2.45) is 5.92 Å². The van der Waals surface area contributed by atoms with E-state index in [1.807, 2.05) is 0 Å². The van der Waals surface area contributed by atoms with Crippen LogP contribution >= 0.6 is 0 Å². The molecule has 0 spiro atoms. The number of carbonyl (C=O) groups excluding carboxylic acids is 1. The van der Waals surface area contributed by atoms with Crippen LogP contribution in [0.25, 0.3) is 0 Å². The predicted octanol–water partition coefficient (Wildman–Crippen LogP) is 4.33. The molecule has 2 heteroatoms. The lowest BCUT2D eigenvalue weighted by molar-refractivity contribution is -0.144. The maximum Gasteiger partial charge on any atom is 0.305 e. The van der Waals surface area contributed by atoms with Gasteiger partial charge in [0.2, 0.25) is 0 Å². The molecule has 0 aromatic heterocycles. The van der Waals surface area contributed by atoms with Gasteiger partial charge in [-0.05, 0) is 18.8 Å². The van der Waals surface area contributed by atoms with Crippen molar-refractivity contribution in [3.8, 4) is 0 Å². The van der Waals surface area contributed by atoms with Crippen molar-refractivity contribution in [3.63, 3.8) is 0 Å². The van der Waals surface area contributed by atoms with E-state index < -0.39 is 0 Å². The van der Waals surface area contributed by atoms with Crippen LogP contribution in [0.15, 0.2) is 0 Å². The van der Waals surface area contributed by atoms with Crippen LogP contribution in [0, 0.1) is 5.92 Å². The van der Waals surface area contributed by atoms with E-state index >= 15 is 0 Å². The van der Waals surface area contributed by atoms with Gasteiger partial charge in [-0.2, -0.15) is 0 Å². The van der Waals surface area contributed by atoms with E-state index in [-0.39, 0.29) is 5.97 Å². The summed E-state index contributed by atoms with van der Waals surface area (Å²) in [5, 5.41) is 0. The van der Waals surface area contributed by atoms with Crippen molar-refractivity contribution in [2.75, 3.05) is 6.61 Å². The first-order valence-corrected chi connectivity index (χ1v) is 6.86. The fourth-order valence-corrected chi connectivity index (χ4v) is 1.65. The van der Waals surface area contributed by atoms with Crippen LogP contribution in [0.5, 0.6) is 0 Å². The summed E-state index contributed by atoms with van der Waals surface area (Å²) in [6, 6.07) is 0. The Labute approximate surface area is 101 Å². The minimum Gasteiger partial charge on any atom is -0.466 e. The molecule has 16 heavy (non-hydrogen) atoms. The van der Waals surface area contributed by atoms with Crippen LogP contribution in [0.2, 0.25) is 0 Å². The third kappa shape index (κ3) is 10.0. The summed E-state index contributed by atoms with van der Waals surface area (Å²) in [6.07, 6.45) is 8.76. The number of rotatable bonds is 10. The van der Waals surface area contributed by atoms with Gasteiger partial charge >= 0.3 is 5.97 Å². The molecular weight excluding hydrogens is 200 g/mol. The van der Waals surface area contributed by atoms with Gasteiger partial charge in [-0.3, -0.25) is 4.79 Å². The molecule has 0 aromatic carbocycles. The van der Waals surface area contributed by atoms with Crippen LogP contribution in [0.4, 0.5) is 0 Å². The first-order valence-electron chi connectivity index (χ1n) is 6.86. The molecule has 0 aromatic rings. The van der Waals surface area contributed by atoms with Crippen molar-refractivity contribution in [2.45, 2.75) is 72.1 Å². The Morgan fingerprint density at radius 3 is 2.38 bits per heavy atom. The van der Waals surface area contributed by atoms with Gasteiger partial charge in [0.25, 0.3) is 0 Å². The highest BCUT2D eigenvalue weighted by Gasteiger charge is 2.07. The first kappa shape index (κ1) is 15.5. The van der Waals surface area contributed by atoms with Gasteiger partial charge in [0, 0.05) is 6.42 Å². The van der Waals surface area contributed by atoms with Crippen molar-refractivity contribution in [1.82, 2.24) is 0 Å². The number of esters is 1. The first-order chi connectivity index (χ1) is 7.70. The van der Waals surface area contributed by atoms with Gasteiger partial charge in [-0.1, -0.05) is 52.9 Å². The van der Waals surface area contributed by atoms with Gasteiger partial charge in [0.05, 0.1) is 6.61 Å². The summed E-state index contributed by atoms with van der Waals surface area (Å²) in [7, 11) is 0. The summed E-state index contributed by atoms with van der Waals surface area (Å²) in [5.41, 5.74) is 0. The van der Waals surface area contributed by atoms with Gasteiger partial charge in [0.1, 0.15) is 0 Å². The predicted molar refractivity (Wildman–Crippen MR) is 68.4 cm³/mol. The average Bonchev–Trinajstić information content (AvgIpc) is 2.27. The molecule has 1 unspecified atom stereocenters. The highest BCUT2D eigenvalue weighted by molar-refractivity contribution is 5.69. The van der Waals surface area contributed by atoms with E-state index in [1.54, 1.807) is 0 Å². The molecule has 0 heterocycles. The third-order valence-corrected chi connectivity index (χ3v) is 2.90. The average molecular weight is 228 g/mol. The van der Waals surface area contributed by atoms with Crippen molar-refractivity contribution in [1.29, 1.82) is 0 Å². The Bertz CT molecular complexity index is 166. The Hall–Kier alpha value is -0.530. The molecule has 1 atom stereocenters. The highest BCUT2D eigenvalue weighted by Crippen LogP contribution is 2.15. The van der Waals surface area contributed by atoms with E-state index in [2.05, 4.69) is 20.8 Å². The second-order valence-electron chi connectivity index (χ2n) is 4.71. The number of unbranched alkanes of at least 4 members (excludes halogenated alkanes) is 3. The Morgan fingerprint density at radius 1 is 1.06 bits per heavy atom. The minimum absolute atomic E-state index is 0.0178. The molecule has 0 saturated heterocycles. The second-order valence-corrected chi connectivity index (χ2v) is 4.71. The number of hydrogen-bond acceptors (Lipinski definition) is 2. The summed E-state index contributed by atoms with van der Waals surface area (Å²) < 4.78 is 5.12. The SMILES string of the molecule is CCCCCC(C)CCC(=O)OCCCC. The minimum atomic E-state index is -0.0178. The zero-order valence-corrected chi connectivity index (χ0v) is 11.3. The van der Waals surface area contributed by atoms with Crippen LogP contribution < -0.4 is 0 Å². The standard InChI is InChI=1S/C14H28O2/c1-4-6-8-9-13(3)10-11-14(15)16-12-7-5-2/h13H,4-12H2,1-3H3. The van der Waals surface area contributed by atoms with E-state index in [4.69, 9.17) is 4.74 Å². The quantitative estimate of drug-likeness (QED) is 0.411. The van der Waals surface area contributed by atoms with Crippen LogP contribution in [0.3, 0.4) is 0 Å². The third-order valence-electron chi connectivity index (χ3n) is 2.90. The molecule has 96 valence electrons. The van der Waals surface area contributed by atoms with E-state index in [0.717, 1.165) is 19.3 Å². The normalized spacial score (nSPS) is 12.4. The molecule has 0 aliphatic heterocycles. The molecule has 0 aliphatic rings. The molecule has 0 amide bonds. The maximum atomic E-state index is 11.3. The lowest BCUT2D eigenvalue weighted by atomic mass is 9.98. The molecule has 0 rings (SSSR count). The summed E-state index contributed by atoms with van der Waals surface area (Å²) in [5.74, 6) is 0.640. The summed E-state index contributed by atoms with van der Waals surface area (Å²) in [4.78, 5) is 11.3. The largest absolute Gasteiger partial charge is 0.466 e. The van der Waals surface area contributed by atoms with Gasteiger partial charge in [-0.25, -0.2) is 0 Å². The fraction of sp³-hybridized carbons (Fsp3) is 0.929. The van der Waals surface area contributed by atoms with Crippen molar-refractivity contribution >= 4 is 5.97 Å². The molecule has 0 fully saturated rings. The Balaban J connectivity index is 3.36. The maximum absolute atomic E-state index is 11.3. The molecular formula is C14H28O2. The molecule has 0 radical (unpaired) electrons. The molecule has 0 bridgehead atoms. The van der Waals surface area contributed by atoms with Gasteiger partial charge in [0.15, 0.2) is 0 Å². The van der Waals surface area contributed by atoms with Gasteiger partial charge < -0.3 is 4.74 Å². The molecule has 0 aliphatic carbocycles. The Kier molecular flexibility index (Phi) is 10.6. The highest BCUT2D eigenvalue weighted by atomic mass is 16.5. The fourth-order valence-electron chi connectivity index (χ4n) is 1.65. The monoisotopic (exact) mass is 228 g/mol. The Morgan fingerprint density at radius 2 is 1.75 bits per heavy atom. The summed E-state index contributed by atoms with van der Waals surface area (Å²) in [6.45, 7) is 7.15. The number of ether oxygens (including phenoxy) is 1. The lowest BCUT2D eigenvalue weighted by Gasteiger charge is -2.10. The zero-order chi connectivity index (χ0) is 12.2. The smallest absolute Gasteiger partial charge is 0.305 e. The van der Waals surface area contributed by atoms with E-state index in [1.165, 1.54) is 25.7 Å². The van der Waals surface area contributed by atoms with E-state index in [0.29, 0.717) is 18.9 Å². The van der Waals surface area contributed by atoms with E-state index in [9.17, 15) is 4.79 Å². The molecule has 0 N–H and O–H groups in total. The van der Waals surface area contributed by atoms with Crippen molar-refractivity contribution in [3.05, 3.63) is 0 Å². The van der Waals surface area contributed by atoms with Crippen LogP contribution in [0.1, 0.15) is 72.1 Å². The van der Waals surface area contributed by atoms with Gasteiger partial charge in [-0.15, -0.1) is 0 Å². The topological polar surface area (TPSA) is 26.3 Å². The molecule has 2 nitrogen and oxygen atoms in total.